The van der Waals surface area contributed by atoms with Gasteiger partial charge in [0.2, 0.25) is 5.91 Å². The first-order valence-corrected chi connectivity index (χ1v) is 7.72. The second-order valence-electron chi connectivity index (χ2n) is 5.51. The molecule has 3 heteroatoms. The molecule has 0 heterocycles. The number of benzene rings is 2. The van der Waals surface area contributed by atoms with Crippen molar-refractivity contribution in [2.75, 3.05) is 0 Å². The lowest BCUT2D eigenvalue weighted by molar-refractivity contribution is -0.121. The first-order valence-electron chi connectivity index (χ1n) is 7.34. The zero-order valence-electron chi connectivity index (χ0n) is 11.8. The molecule has 0 aliphatic heterocycles. The maximum absolute atomic E-state index is 12.2. The molecular weight excluding hydrogens is 282 g/mol. The Morgan fingerprint density at radius 3 is 2.71 bits per heavy atom. The van der Waals surface area contributed by atoms with Crippen molar-refractivity contribution < 1.29 is 4.79 Å². The number of amides is 1. The molecule has 0 unspecified atom stereocenters. The van der Waals surface area contributed by atoms with Gasteiger partial charge in [-0.3, -0.25) is 4.79 Å². The Balaban J connectivity index is 1.67. The summed E-state index contributed by atoms with van der Waals surface area (Å²) in [5.41, 5.74) is 3.62. The van der Waals surface area contributed by atoms with Crippen LogP contribution in [0.25, 0.3) is 0 Å². The molecule has 0 saturated carbocycles. The van der Waals surface area contributed by atoms with Crippen molar-refractivity contribution in [3.63, 3.8) is 0 Å². The number of carbonyl (C=O) groups excluding carboxylic acids is 1. The Kier molecular flexibility index (Phi) is 4.26. The molecule has 0 saturated heterocycles. The van der Waals surface area contributed by atoms with E-state index < -0.39 is 0 Å². The fourth-order valence-corrected chi connectivity index (χ4v) is 3.06. The molecule has 0 spiro atoms. The number of aryl methyl sites for hydroxylation is 1. The molecule has 0 aromatic heterocycles. The number of rotatable bonds is 3. The zero-order chi connectivity index (χ0) is 14.7. The van der Waals surface area contributed by atoms with Crippen molar-refractivity contribution in [2.45, 2.75) is 31.7 Å². The largest absolute Gasteiger partial charge is 0.349 e. The molecule has 0 radical (unpaired) electrons. The third-order valence-corrected chi connectivity index (χ3v) is 4.23. The van der Waals surface area contributed by atoms with Crippen molar-refractivity contribution in [3.8, 4) is 0 Å². The molecule has 1 atom stereocenters. The number of halogens is 1. The highest BCUT2D eigenvalue weighted by molar-refractivity contribution is 6.30. The summed E-state index contributed by atoms with van der Waals surface area (Å²) in [6.45, 7) is 0. The van der Waals surface area contributed by atoms with Crippen LogP contribution in [-0.2, 0) is 17.6 Å². The molecule has 21 heavy (non-hydrogen) atoms. The Morgan fingerprint density at radius 2 is 1.90 bits per heavy atom. The minimum Gasteiger partial charge on any atom is -0.349 e. The summed E-state index contributed by atoms with van der Waals surface area (Å²) in [7, 11) is 0. The highest BCUT2D eigenvalue weighted by Crippen LogP contribution is 2.29. The van der Waals surface area contributed by atoms with Crippen LogP contribution in [0.3, 0.4) is 0 Å². The average molecular weight is 300 g/mol. The van der Waals surface area contributed by atoms with E-state index in [1.807, 2.05) is 30.3 Å². The number of hydrogen-bond donors (Lipinski definition) is 1. The van der Waals surface area contributed by atoms with E-state index in [0.29, 0.717) is 11.4 Å². The van der Waals surface area contributed by atoms with E-state index in [-0.39, 0.29) is 11.9 Å². The van der Waals surface area contributed by atoms with Crippen LogP contribution >= 0.6 is 11.6 Å². The number of carbonyl (C=O) groups is 1. The summed E-state index contributed by atoms with van der Waals surface area (Å²) >= 11 is 5.86. The minimum absolute atomic E-state index is 0.0685. The summed E-state index contributed by atoms with van der Waals surface area (Å²) in [6, 6.07) is 16.0. The summed E-state index contributed by atoms with van der Waals surface area (Å²) in [6.07, 6.45) is 3.65. The Labute approximate surface area is 130 Å². The van der Waals surface area contributed by atoms with Gasteiger partial charge in [-0.05, 0) is 48.1 Å². The molecule has 2 aromatic carbocycles. The highest BCUT2D eigenvalue weighted by Gasteiger charge is 2.21. The van der Waals surface area contributed by atoms with Crippen LogP contribution in [-0.4, -0.2) is 5.91 Å². The van der Waals surface area contributed by atoms with Crippen LogP contribution in [0.5, 0.6) is 0 Å². The number of nitrogens with one attached hydrogen (secondary N) is 1. The van der Waals surface area contributed by atoms with Gasteiger partial charge in [-0.2, -0.15) is 0 Å². The minimum atomic E-state index is 0.0685. The molecular formula is C18H18ClNO. The van der Waals surface area contributed by atoms with Crippen LogP contribution in [0.2, 0.25) is 5.02 Å². The predicted molar refractivity (Wildman–Crippen MR) is 85.4 cm³/mol. The quantitative estimate of drug-likeness (QED) is 0.909. The van der Waals surface area contributed by atoms with Gasteiger partial charge in [0.15, 0.2) is 0 Å². The molecule has 0 fully saturated rings. The SMILES string of the molecule is O=C(Cc1ccc(Cl)cc1)N[C@H]1CCCc2ccccc21. The lowest BCUT2D eigenvalue weighted by Crippen LogP contribution is -2.32. The second kappa shape index (κ2) is 6.31. The van der Waals surface area contributed by atoms with E-state index >= 15 is 0 Å². The lowest BCUT2D eigenvalue weighted by Gasteiger charge is -2.26. The summed E-state index contributed by atoms with van der Waals surface area (Å²) < 4.78 is 0. The first kappa shape index (κ1) is 14.2. The van der Waals surface area contributed by atoms with E-state index in [2.05, 4.69) is 23.5 Å². The van der Waals surface area contributed by atoms with Crippen molar-refractivity contribution in [1.29, 1.82) is 0 Å². The van der Waals surface area contributed by atoms with Crippen molar-refractivity contribution in [1.82, 2.24) is 5.32 Å². The smallest absolute Gasteiger partial charge is 0.224 e. The molecule has 3 rings (SSSR count). The Morgan fingerprint density at radius 1 is 1.14 bits per heavy atom. The highest BCUT2D eigenvalue weighted by atomic mass is 35.5. The zero-order valence-corrected chi connectivity index (χ0v) is 12.6. The topological polar surface area (TPSA) is 29.1 Å². The van der Waals surface area contributed by atoms with Crippen LogP contribution in [0.1, 0.15) is 35.6 Å². The van der Waals surface area contributed by atoms with Gasteiger partial charge in [0.1, 0.15) is 0 Å². The normalized spacial score (nSPS) is 17.1. The monoisotopic (exact) mass is 299 g/mol. The molecule has 0 bridgehead atoms. The third-order valence-electron chi connectivity index (χ3n) is 3.98. The summed E-state index contributed by atoms with van der Waals surface area (Å²) in [4.78, 5) is 12.2. The molecule has 2 nitrogen and oxygen atoms in total. The van der Waals surface area contributed by atoms with Crippen LogP contribution in [0.4, 0.5) is 0 Å². The van der Waals surface area contributed by atoms with Crippen LogP contribution < -0.4 is 5.32 Å². The maximum atomic E-state index is 12.2. The lowest BCUT2D eigenvalue weighted by atomic mass is 9.87. The third kappa shape index (κ3) is 3.45. The summed E-state index contributed by atoms with van der Waals surface area (Å²) in [5.74, 6) is 0.0685. The van der Waals surface area contributed by atoms with Gasteiger partial charge in [-0.25, -0.2) is 0 Å². The first-order chi connectivity index (χ1) is 10.2. The Bertz CT molecular complexity index is 636. The maximum Gasteiger partial charge on any atom is 0.224 e. The average Bonchev–Trinajstić information content (AvgIpc) is 2.50. The van der Waals surface area contributed by atoms with E-state index in [1.165, 1.54) is 11.1 Å². The van der Waals surface area contributed by atoms with Crippen molar-refractivity contribution >= 4 is 17.5 Å². The van der Waals surface area contributed by atoms with Crippen LogP contribution in [0, 0.1) is 0 Å². The van der Waals surface area contributed by atoms with Crippen molar-refractivity contribution in [2.24, 2.45) is 0 Å². The predicted octanol–water partition coefficient (Wildman–Crippen LogP) is 4.08. The fourth-order valence-electron chi connectivity index (χ4n) is 2.94. The fraction of sp³-hybridized carbons (Fsp3) is 0.278. The van der Waals surface area contributed by atoms with Gasteiger partial charge in [0.05, 0.1) is 12.5 Å². The van der Waals surface area contributed by atoms with Gasteiger partial charge in [0, 0.05) is 5.02 Å². The second-order valence-corrected chi connectivity index (χ2v) is 5.95. The van der Waals surface area contributed by atoms with Gasteiger partial charge in [-0.1, -0.05) is 48.0 Å². The molecule has 108 valence electrons. The Hall–Kier alpha value is -1.80. The van der Waals surface area contributed by atoms with Gasteiger partial charge in [0.25, 0.3) is 0 Å². The van der Waals surface area contributed by atoms with E-state index in [1.54, 1.807) is 0 Å². The number of fused-ring (bicyclic) bond motifs is 1. The standard InChI is InChI=1S/C18H18ClNO/c19-15-10-8-13(9-11-15)12-18(21)20-17-7-3-5-14-4-1-2-6-16(14)17/h1-2,4,6,8-11,17H,3,5,7,12H2,(H,20,21)/t17-/m0/s1. The van der Waals surface area contributed by atoms with Crippen molar-refractivity contribution in [3.05, 3.63) is 70.2 Å². The van der Waals surface area contributed by atoms with Gasteiger partial charge >= 0.3 is 0 Å². The molecule has 1 amide bonds. The molecule has 1 aliphatic rings. The van der Waals surface area contributed by atoms with E-state index in [4.69, 9.17) is 11.6 Å². The van der Waals surface area contributed by atoms with Gasteiger partial charge in [-0.15, -0.1) is 0 Å². The van der Waals surface area contributed by atoms with Gasteiger partial charge < -0.3 is 5.32 Å². The summed E-state index contributed by atoms with van der Waals surface area (Å²) in [5, 5.41) is 3.86. The van der Waals surface area contributed by atoms with E-state index in [9.17, 15) is 4.79 Å². The van der Waals surface area contributed by atoms with Crippen LogP contribution in [0.15, 0.2) is 48.5 Å². The van der Waals surface area contributed by atoms with E-state index in [0.717, 1.165) is 24.8 Å². The molecule has 1 aliphatic carbocycles. The molecule has 1 N–H and O–H groups in total. The number of hydrogen-bond acceptors (Lipinski definition) is 1. The molecule has 2 aromatic rings.